The molecule has 0 aromatic rings. The Morgan fingerprint density at radius 2 is 0.844 bits per heavy atom. The van der Waals surface area contributed by atoms with Gasteiger partial charge in [0, 0.05) is 17.8 Å². The molecule has 0 aliphatic carbocycles. The molecule has 0 aromatic carbocycles. The second-order valence-electron chi connectivity index (χ2n) is 8.90. The van der Waals surface area contributed by atoms with E-state index in [4.69, 9.17) is 5.11 Å². The van der Waals surface area contributed by atoms with Gasteiger partial charge in [-0.2, -0.15) is 0 Å². The zero-order valence-electron chi connectivity index (χ0n) is 20.5. The smallest absolute Gasteiger partial charge is 0.335 e. The molecule has 8 atom stereocenters. The Morgan fingerprint density at radius 1 is 0.562 bits per heavy atom. The van der Waals surface area contributed by atoms with Crippen LogP contribution in [0.5, 0.6) is 0 Å². The summed E-state index contributed by atoms with van der Waals surface area (Å²) < 4.78 is 0. The van der Waals surface area contributed by atoms with Crippen molar-refractivity contribution >= 4 is 5.97 Å². The molecule has 184 valence electrons. The van der Waals surface area contributed by atoms with Crippen molar-refractivity contribution in [1.29, 1.82) is 0 Å². The zero-order chi connectivity index (χ0) is 25.3. The molecule has 0 aromatic heterocycles. The van der Waals surface area contributed by atoms with Crippen LogP contribution in [0.15, 0.2) is 46.6 Å². The topological polar surface area (TPSA) is 138 Å². The minimum atomic E-state index is -1.94. The van der Waals surface area contributed by atoms with E-state index < -0.39 is 42.4 Å². The van der Waals surface area contributed by atoms with Crippen molar-refractivity contribution in [3.63, 3.8) is 0 Å². The first-order valence-electron chi connectivity index (χ1n) is 11.0. The predicted octanol–water partition coefficient (Wildman–Crippen LogP) is 2.59. The number of carboxylic acid groups (broad SMARTS) is 1. The predicted molar refractivity (Wildman–Crippen MR) is 126 cm³/mol. The molecule has 0 aliphatic heterocycles. The summed E-state index contributed by atoms with van der Waals surface area (Å²) >= 11 is 0. The van der Waals surface area contributed by atoms with E-state index in [1.54, 1.807) is 26.8 Å². The third-order valence-corrected chi connectivity index (χ3v) is 5.94. The molecule has 0 saturated heterocycles. The van der Waals surface area contributed by atoms with Crippen LogP contribution in [0, 0.1) is 17.8 Å². The van der Waals surface area contributed by atoms with Gasteiger partial charge < -0.3 is 30.6 Å². The van der Waals surface area contributed by atoms with E-state index in [1.165, 1.54) is 13.0 Å². The number of aliphatic hydroxyl groups is 5. The number of carbonyl (C=O) groups is 1. The van der Waals surface area contributed by atoms with Gasteiger partial charge in [0.1, 0.15) is 6.10 Å². The van der Waals surface area contributed by atoms with Gasteiger partial charge >= 0.3 is 5.97 Å². The molecule has 0 heterocycles. The van der Waals surface area contributed by atoms with Crippen LogP contribution in [0.2, 0.25) is 0 Å². The Morgan fingerprint density at radius 3 is 1.12 bits per heavy atom. The average molecular weight is 455 g/mol. The fourth-order valence-electron chi connectivity index (χ4n) is 3.61. The van der Waals surface area contributed by atoms with Gasteiger partial charge in [0.15, 0.2) is 6.10 Å². The summed E-state index contributed by atoms with van der Waals surface area (Å²) in [6, 6.07) is 0. The Hall–Kier alpha value is -1.77. The van der Waals surface area contributed by atoms with Gasteiger partial charge in [-0.1, -0.05) is 45.1 Å². The molecule has 0 spiro atoms. The number of aliphatic hydroxyl groups excluding tert-OH is 5. The number of aliphatic carboxylic acids is 1. The van der Waals surface area contributed by atoms with Gasteiger partial charge in [-0.25, -0.2) is 4.79 Å². The highest BCUT2D eigenvalue weighted by Gasteiger charge is 2.26. The molecule has 6 N–H and O–H groups in total. The Kier molecular flexibility index (Phi) is 12.9. The van der Waals surface area contributed by atoms with Crippen LogP contribution in [0.25, 0.3) is 0 Å². The highest BCUT2D eigenvalue weighted by atomic mass is 16.4. The van der Waals surface area contributed by atoms with Gasteiger partial charge in [0.05, 0.1) is 18.3 Å². The van der Waals surface area contributed by atoms with E-state index in [9.17, 15) is 30.3 Å². The van der Waals surface area contributed by atoms with Gasteiger partial charge in [0.2, 0.25) is 0 Å². The maximum absolute atomic E-state index is 10.8. The first-order chi connectivity index (χ1) is 14.6. The Labute approximate surface area is 192 Å². The molecule has 0 radical (unpaired) electrons. The second-order valence-corrected chi connectivity index (χ2v) is 8.90. The maximum atomic E-state index is 10.8. The number of allylic oxidation sites excluding steroid dienone is 1. The lowest BCUT2D eigenvalue weighted by molar-refractivity contribution is -0.151. The molecular weight excluding hydrogens is 412 g/mol. The first-order valence-corrected chi connectivity index (χ1v) is 11.0. The van der Waals surface area contributed by atoms with Crippen molar-refractivity contribution in [3.05, 3.63) is 46.6 Å². The molecule has 0 bridgehead atoms. The maximum Gasteiger partial charge on any atom is 0.335 e. The molecule has 0 unspecified atom stereocenters. The molecule has 7 heteroatoms. The lowest BCUT2D eigenvalue weighted by Crippen LogP contribution is -2.35. The first kappa shape index (κ1) is 30.2. The summed E-state index contributed by atoms with van der Waals surface area (Å²) in [6.07, 6.45) is 1.16. The lowest BCUT2D eigenvalue weighted by atomic mass is 9.88. The third kappa shape index (κ3) is 9.00. The van der Waals surface area contributed by atoms with Crippen LogP contribution in [0.1, 0.15) is 55.4 Å². The monoisotopic (exact) mass is 454 g/mol. The lowest BCUT2D eigenvalue weighted by Gasteiger charge is -2.24. The van der Waals surface area contributed by atoms with E-state index in [0.717, 1.165) is 11.1 Å². The number of rotatable bonds is 12. The summed E-state index contributed by atoms with van der Waals surface area (Å²) in [6.45, 7) is 14.2. The quantitative estimate of drug-likeness (QED) is 0.249. The number of hydrogen-bond acceptors (Lipinski definition) is 6. The largest absolute Gasteiger partial charge is 0.479 e. The highest BCUT2D eigenvalue weighted by Crippen LogP contribution is 2.23. The van der Waals surface area contributed by atoms with Crippen molar-refractivity contribution in [1.82, 2.24) is 0 Å². The number of hydrogen-bond donors (Lipinski definition) is 6. The summed E-state index contributed by atoms with van der Waals surface area (Å²) in [5.74, 6) is -2.44. The SMILES string of the molecule is C/C=C(\C)[C@H](O)[C@@H](C)/C=C(\C)[C@H](O)[C@@H](C)/C=C(\C)[C@H](O)[C@@H](C)/C=C(\C)[C@H](O)[C@H](O)C(=O)O. The third-order valence-electron chi connectivity index (χ3n) is 5.94. The molecular formula is C25H42O7. The molecule has 0 rings (SSSR count). The molecule has 0 fully saturated rings. The van der Waals surface area contributed by atoms with E-state index in [1.807, 2.05) is 39.8 Å². The van der Waals surface area contributed by atoms with Gasteiger partial charge in [0.25, 0.3) is 0 Å². The summed E-state index contributed by atoms with van der Waals surface area (Å²) in [7, 11) is 0. The van der Waals surface area contributed by atoms with Crippen molar-refractivity contribution in [2.45, 2.75) is 85.9 Å². The van der Waals surface area contributed by atoms with Gasteiger partial charge in [-0.3, -0.25) is 0 Å². The fraction of sp³-hybridized carbons (Fsp3) is 0.640. The minimum absolute atomic E-state index is 0.163. The fourth-order valence-corrected chi connectivity index (χ4v) is 3.61. The highest BCUT2D eigenvalue weighted by molar-refractivity contribution is 5.73. The van der Waals surface area contributed by atoms with E-state index in [0.29, 0.717) is 5.57 Å². The van der Waals surface area contributed by atoms with Crippen molar-refractivity contribution in [3.8, 4) is 0 Å². The second kappa shape index (κ2) is 13.7. The normalized spacial score (nSPS) is 21.9. The summed E-state index contributed by atoms with van der Waals surface area (Å²) in [4.78, 5) is 10.8. The van der Waals surface area contributed by atoms with Crippen LogP contribution in [-0.4, -0.2) is 67.1 Å². The average Bonchev–Trinajstić information content (AvgIpc) is 2.74. The Balaban J connectivity index is 5.35. The molecule has 32 heavy (non-hydrogen) atoms. The standard InChI is InChI=1S/C25H42O7/c1-9-13(2)20(26)14(3)10-15(4)21(27)16(5)11-17(6)22(28)18(7)12-19(8)23(29)24(30)25(31)32/h9-12,14,16,18,20-24,26-30H,1-8H3,(H,31,32)/b13-9+,15-10+,17-11+,19-12+/t14-,16-,18-,20-,21-,22-,23-,24-/m0/s1. The van der Waals surface area contributed by atoms with Crippen LogP contribution < -0.4 is 0 Å². The Bertz CT molecular complexity index is 735. The van der Waals surface area contributed by atoms with Gasteiger partial charge in [-0.15, -0.1) is 0 Å². The molecule has 0 amide bonds. The van der Waals surface area contributed by atoms with Crippen molar-refractivity contribution in [2.24, 2.45) is 17.8 Å². The van der Waals surface area contributed by atoms with Crippen molar-refractivity contribution in [2.75, 3.05) is 0 Å². The number of carboxylic acids is 1. The van der Waals surface area contributed by atoms with E-state index in [-0.39, 0.29) is 17.4 Å². The molecule has 7 nitrogen and oxygen atoms in total. The van der Waals surface area contributed by atoms with Crippen LogP contribution in [0.4, 0.5) is 0 Å². The van der Waals surface area contributed by atoms with Crippen LogP contribution in [-0.2, 0) is 4.79 Å². The molecule has 0 saturated carbocycles. The van der Waals surface area contributed by atoms with Crippen LogP contribution in [0.3, 0.4) is 0 Å². The van der Waals surface area contributed by atoms with Crippen molar-refractivity contribution < 1.29 is 35.4 Å². The minimum Gasteiger partial charge on any atom is -0.479 e. The summed E-state index contributed by atoms with van der Waals surface area (Å²) in [5.41, 5.74) is 2.45. The zero-order valence-corrected chi connectivity index (χ0v) is 20.5. The van der Waals surface area contributed by atoms with E-state index >= 15 is 0 Å². The van der Waals surface area contributed by atoms with Crippen LogP contribution >= 0.6 is 0 Å². The summed E-state index contributed by atoms with van der Waals surface area (Å²) in [5, 5.41) is 59.8. The molecule has 0 aliphatic rings. The van der Waals surface area contributed by atoms with E-state index in [2.05, 4.69) is 0 Å². The van der Waals surface area contributed by atoms with Gasteiger partial charge in [-0.05, 0) is 56.9 Å².